The molecular weight excluding hydrogens is 250 g/mol. The third-order valence-corrected chi connectivity index (χ3v) is 4.56. The van der Waals surface area contributed by atoms with Crippen LogP contribution in [0.25, 0.3) is 0 Å². The van der Waals surface area contributed by atoms with E-state index in [-0.39, 0.29) is 0 Å². The van der Waals surface area contributed by atoms with E-state index in [1.165, 1.54) is 24.8 Å². The van der Waals surface area contributed by atoms with Gasteiger partial charge in [-0.1, -0.05) is 25.1 Å². The lowest BCUT2D eigenvalue weighted by Crippen LogP contribution is -2.34. The molecule has 0 radical (unpaired) electrons. The van der Waals surface area contributed by atoms with Crippen LogP contribution in [0.1, 0.15) is 44.7 Å². The Morgan fingerprint density at radius 2 is 2.15 bits per heavy atom. The number of ether oxygens (including phenoxy) is 2. The Hall–Kier alpha value is -1.06. The maximum Gasteiger partial charge on any atom is 0.124 e. The van der Waals surface area contributed by atoms with Crippen LogP contribution in [0.15, 0.2) is 24.3 Å². The Balaban J connectivity index is 1.86. The molecule has 0 amide bonds. The molecule has 2 fully saturated rings. The minimum absolute atomic E-state index is 0.345. The van der Waals surface area contributed by atoms with Crippen molar-refractivity contribution in [2.24, 2.45) is 5.92 Å². The Kier molecular flexibility index (Phi) is 4.27. The minimum Gasteiger partial charge on any atom is -0.494 e. The summed E-state index contributed by atoms with van der Waals surface area (Å²) in [6.07, 6.45) is 4.56. The largest absolute Gasteiger partial charge is 0.494 e. The van der Waals surface area contributed by atoms with Crippen LogP contribution in [-0.4, -0.2) is 25.4 Å². The van der Waals surface area contributed by atoms with Crippen LogP contribution >= 0.6 is 0 Å². The predicted molar refractivity (Wildman–Crippen MR) is 80.0 cm³/mol. The standard InChI is InChI=1S/C17H25NO2/c1-3-18-17(14-11-12-9-10-16(14)20-12)13-7-5-6-8-15(13)19-4-2/h5-8,12,14,16-18H,3-4,9-11H2,1-2H3. The topological polar surface area (TPSA) is 30.5 Å². The van der Waals surface area contributed by atoms with Crippen molar-refractivity contribution >= 4 is 0 Å². The predicted octanol–water partition coefficient (Wildman–Crippen LogP) is 3.30. The van der Waals surface area contributed by atoms with Crippen molar-refractivity contribution in [1.29, 1.82) is 0 Å². The molecule has 3 heteroatoms. The average Bonchev–Trinajstić information content (AvgIpc) is 3.09. The summed E-state index contributed by atoms with van der Waals surface area (Å²) in [6, 6.07) is 8.78. The number of rotatable bonds is 6. The van der Waals surface area contributed by atoms with Gasteiger partial charge in [0.05, 0.1) is 18.8 Å². The molecule has 2 aliphatic rings. The third-order valence-electron chi connectivity index (χ3n) is 4.56. The van der Waals surface area contributed by atoms with Crippen molar-refractivity contribution in [1.82, 2.24) is 5.32 Å². The molecule has 0 saturated carbocycles. The molecule has 0 aromatic heterocycles. The van der Waals surface area contributed by atoms with Crippen molar-refractivity contribution in [3.63, 3.8) is 0 Å². The second-order valence-corrected chi connectivity index (χ2v) is 5.78. The van der Waals surface area contributed by atoms with E-state index in [2.05, 4.69) is 36.5 Å². The molecule has 4 unspecified atom stereocenters. The first-order valence-corrected chi connectivity index (χ1v) is 7.94. The number of para-hydroxylation sites is 1. The number of nitrogens with one attached hydrogen (secondary N) is 1. The highest BCUT2D eigenvalue weighted by molar-refractivity contribution is 5.37. The third kappa shape index (κ3) is 2.57. The summed E-state index contributed by atoms with van der Waals surface area (Å²) in [4.78, 5) is 0. The highest BCUT2D eigenvalue weighted by atomic mass is 16.5. The molecule has 4 atom stereocenters. The van der Waals surface area contributed by atoms with E-state index >= 15 is 0 Å². The second-order valence-electron chi connectivity index (χ2n) is 5.78. The summed E-state index contributed by atoms with van der Waals surface area (Å²) < 4.78 is 11.9. The van der Waals surface area contributed by atoms with Crippen molar-refractivity contribution in [3.05, 3.63) is 29.8 Å². The molecule has 0 aliphatic carbocycles. The average molecular weight is 275 g/mol. The molecule has 1 N–H and O–H groups in total. The first-order valence-electron chi connectivity index (χ1n) is 7.94. The number of hydrogen-bond donors (Lipinski definition) is 1. The lowest BCUT2D eigenvalue weighted by molar-refractivity contribution is 0.0855. The summed E-state index contributed by atoms with van der Waals surface area (Å²) in [6.45, 7) is 5.89. The van der Waals surface area contributed by atoms with Crippen LogP contribution < -0.4 is 10.1 Å². The van der Waals surface area contributed by atoms with E-state index in [1.54, 1.807) is 0 Å². The lowest BCUT2D eigenvalue weighted by Gasteiger charge is -2.30. The van der Waals surface area contributed by atoms with Crippen molar-refractivity contribution in [2.75, 3.05) is 13.2 Å². The zero-order valence-corrected chi connectivity index (χ0v) is 12.5. The lowest BCUT2D eigenvalue weighted by atomic mass is 9.80. The van der Waals surface area contributed by atoms with E-state index in [9.17, 15) is 0 Å². The summed E-state index contributed by atoms with van der Waals surface area (Å²) in [5.41, 5.74) is 1.29. The molecule has 2 saturated heterocycles. The van der Waals surface area contributed by atoms with Gasteiger partial charge in [-0.05, 0) is 38.8 Å². The normalized spacial score (nSPS) is 29.6. The Morgan fingerprint density at radius 3 is 2.80 bits per heavy atom. The highest BCUT2D eigenvalue weighted by Gasteiger charge is 2.45. The van der Waals surface area contributed by atoms with Crippen LogP contribution in [0.3, 0.4) is 0 Å². The fourth-order valence-electron chi connectivity index (χ4n) is 3.76. The first-order chi connectivity index (χ1) is 9.83. The van der Waals surface area contributed by atoms with Gasteiger partial charge in [-0.3, -0.25) is 0 Å². The summed E-state index contributed by atoms with van der Waals surface area (Å²) >= 11 is 0. The van der Waals surface area contributed by atoms with E-state index in [1.807, 2.05) is 6.92 Å². The molecule has 2 bridgehead atoms. The molecule has 1 aromatic rings. The van der Waals surface area contributed by atoms with Gasteiger partial charge in [0.15, 0.2) is 0 Å². The number of benzene rings is 1. The van der Waals surface area contributed by atoms with Crippen LogP contribution in [-0.2, 0) is 4.74 Å². The van der Waals surface area contributed by atoms with Crippen LogP contribution in [0.2, 0.25) is 0 Å². The Labute approximate surface area is 121 Å². The van der Waals surface area contributed by atoms with E-state index < -0.39 is 0 Å². The minimum atomic E-state index is 0.345. The number of hydrogen-bond acceptors (Lipinski definition) is 3. The fraction of sp³-hybridized carbons (Fsp3) is 0.647. The Morgan fingerprint density at radius 1 is 1.30 bits per heavy atom. The van der Waals surface area contributed by atoms with Crippen molar-refractivity contribution < 1.29 is 9.47 Å². The molecule has 2 aliphatic heterocycles. The zero-order valence-electron chi connectivity index (χ0n) is 12.5. The van der Waals surface area contributed by atoms with E-state index in [4.69, 9.17) is 9.47 Å². The van der Waals surface area contributed by atoms with Gasteiger partial charge >= 0.3 is 0 Å². The van der Waals surface area contributed by atoms with E-state index in [0.29, 0.717) is 30.8 Å². The second kappa shape index (κ2) is 6.15. The zero-order chi connectivity index (χ0) is 13.9. The molecule has 1 aromatic carbocycles. The first kappa shape index (κ1) is 13.9. The van der Waals surface area contributed by atoms with Gasteiger partial charge in [0.1, 0.15) is 5.75 Å². The molecule has 2 heterocycles. The molecular formula is C17H25NO2. The fourth-order valence-corrected chi connectivity index (χ4v) is 3.76. The van der Waals surface area contributed by atoms with Crippen molar-refractivity contribution in [3.8, 4) is 5.75 Å². The van der Waals surface area contributed by atoms with Crippen molar-refractivity contribution in [2.45, 2.75) is 51.4 Å². The van der Waals surface area contributed by atoms with E-state index in [0.717, 1.165) is 12.3 Å². The summed E-state index contributed by atoms with van der Waals surface area (Å²) in [5, 5.41) is 3.66. The maximum atomic E-state index is 6.05. The molecule has 3 nitrogen and oxygen atoms in total. The molecule has 0 spiro atoms. The quantitative estimate of drug-likeness (QED) is 0.864. The molecule has 3 rings (SSSR count). The highest BCUT2D eigenvalue weighted by Crippen LogP contribution is 2.46. The van der Waals surface area contributed by atoms with Gasteiger partial charge in [-0.2, -0.15) is 0 Å². The van der Waals surface area contributed by atoms with Crippen LogP contribution in [0.4, 0.5) is 0 Å². The maximum absolute atomic E-state index is 6.05. The van der Waals surface area contributed by atoms with Gasteiger partial charge in [0, 0.05) is 17.5 Å². The monoisotopic (exact) mass is 275 g/mol. The van der Waals surface area contributed by atoms with Gasteiger partial charge in [-0.25, -0.2) is 0 Å². The smallest absolute Gasteiger partial charge is 0.124 e. The summed E-state index contributed by atoms with van der Waals surface area (Å²) in [5.74, 6) is 1.60. The van der Waals surface area contributed by atoms with Gasteiger partial charge in [-0.15, -0.1) is 0 Å². The SMILES string of the molecule is CCNC(c1ccccc1OCC)C1CC2CCC1O2. The Bertz CT molecular complexity index is 448. The van der Waals surface area contributed by atoms with Gasteiger partial charge in [0.25, 0.3) is 0 Å². The van der Waals surface area contributed by atoms with Gasteiger partial charge < -0.3 is 14.8 Å². The summed E-state index contributed by atoms with van der Waals surface area (Å²) in [7, 11) is 0. The van der Waals surface area contributed by atoms with Gasteiger partial charge in [0.2, 0.25) is 0 Å². The molecule has 20 heavy (non-hydrogen) atoms. The van der Waals surface area contributed by atoms with Crippen LogP contribution in [0.5, 0.6) is 5.75 Å². The number of fused-ring (bicyclic) bond motifs is 2. The molecule has 110 valence electrons. The van der Waals surface area contributed by atoms with Crippen LogP contribution in [0, 0.1) is 5.92 Å².